The van der Waals surface area contributed by atoms with Gasteiger partial charge in [0.25, 0.3) is 0 Å². The lowest BCUT2D eigenvalue weighted by atomic mass is 10.0. The first-order valence-corrected chi connectivity index (χ1v) is 6.98. The molecule has 0 aliphatic heterocycles. The van der Waals surface area contributed by atoms with E-state index < -0.39 is 0 Å². The van der Waals surface area contributed by atoms with E-state index in [1.165, 1.54) is 16.7 Å². The van der Waals surface area contributed by atoms with Crippen LogP contribution in [0, 0.1) is 13.8 Å². The van der Waals surface area contributed by atoms with Crippen LogP contribution in [0.25, 0.3) is 0 Å². The molecule has 1 N–H and O–H groups in total. The first-order chi connectivity index (χ1) is 9.15. The maximum atomic E-state index is 4.54. The zero-order valence-corrected chi connectivity index (χ0v) is 12.3. The number of nitrogens with one attached hydrogen (secondary N) is 1. The molecule has 2 rings (SSSR count). The summed E-state index contributed by atoms with van der Waals surface area (Å²) < 4.78 is 2.20. The summed E-state index contributed by atoms with van der Waals surface area (Å²) in [5.74, 6) is 1.09. The largest absolute Gasteiger partial charge is 0.334 e. The average Bonchev–Trinajstić information content (AvgIpc) is 2.82. The molecule has 0 saturated carbocycles. The maximum absolute atomic E-state index is 4.54. The van der Waals surface area contributed by atoms with Crippen molar-refractivity contribution in [3.05, 3.63) is 53.1 Å². The van der Waals surface area contributed by atoms with Crippen molar-refractivity contribution in [2.45, 2.75) is 40.3 Å². The van der Waals surface area contributed by atoms with E-state index in [2.05, 4.69) is 60.8 Å². The van der Waals surface area contributed by atoms with Crippen molar-refractivity contribution in [1.29, 1.82) is 0 Å². The van der Waals surface area contributed by atoms with Crippen LogP contribution in [0.4, 0.5) is 0 Å². The predicted octanol–water partition coefficient (Wildman–Crippen LogP) is 3.22. The third-order valence-corrected chi connectivity index (χ3v) is 3.33. The van der Waals surface area contributed by atoms with Crippen molar-refractivity contribution in [3.8, 4) is 0 Å². The zero-order chi connectivity index (χ0) is 13.8. The van der Waals surface area contributed by atoms with E-state index in [-0.39, 0.29) is 6.04 Å². The van der Waals surface area contributed by atoms with Gasteiger partial charge in [0.2, 0.25) is 0 Å². The minimum absolute atomic E-state index is 0.165. The first-order valence-electron chi connectivity index (χ1n) is 6.98. The number of hydrogen-bond acceptors (Lipinski definition) is 2. The number of aromatic nitrogens is 2. The molecule has 0 fully saturated rings. The van der Waals surface area contributed by atoms with Crippen LogP contribution in [0.3, 0.4) is 0 Å². The lowest BCUT2D eigenvalue weighted by Crippen LogP contribution is -2.25. The highest BCUT2D eigenvalue weighted by Crippen LogP contribution is 2.23. The zero-order valence-electron chi connectivity index (χ0n) is 12.3. The van der Waals surface area contributed by atoms with E-state index in [1.54, 1.807) is 0 Å². The summed E-state index contributed by atoms with van der Waals surface area (Å²) in [5, 5.41) is 3.55. The molecule has 0 radical (unpaired) electrons. The van der Waals surface area contributed by atoms with Crippen molar-refractivity contribution in [2.24, 2.45) is 0 Å². The Kier molecular flexibility index (Phi) is 4.38. The van der Waals surface area contributed by atoms with Gasteiger partial charge in [-0.25, -0.2) is 4.98 Å². The summed E-state index contributed by atoms with van der Waals surface area (Å²) in [6, 6.07) is 6.86. The Morgan fingerprint density at radius 1 is 1.16 bits per heavy atom. The van der Waals surface area contributed by atoms with Gasteiger partial charge in [-0.3, -0.25) is 0 Å². The Balaban J connectivity index is 2.45. The molecule has 2 aromatic rings. The second kappa shape index (κ2) is 6.02. The number of hydrogen-bond donors (Lipinski definition) is 1. The SMILES string of the molecule is CCNC(c1cc(C)cc(C)c1)c1nccn1CC. The summed E-state index contributed by atoms with van der Waals surface area (Å²) in [6.07, 6.45) is 3.92. The van der Waals surface area contributed by atoms with Gasteiger partial charge in [0.05, 0.1) is 6.04 Å². The van der Waals surface area contributed by atoms with Crippen LogP contribution in [0.1, 0.15) is 42.4 Å². The predicted molar refractivity (Wildman–Crippen MR) is 79.3 cm³/mol. The molecule has 0 aliphatic rings. The van der Waals surface area contributed by atoms with Crippen molar-refractivity contribution in [3.63, 3.8) is 0 Å². The molecular weight excluding hydrogens is 234 g/mol. The van der Waals surface area contributed by atoms with Crippen LogP contribution in [0.15, 0.2) is 30.6 Å². The highest BCUT2D eigenvalue weighted by Gasteiger charge is 2.18. The van der Waals surface area contributed by atoms with E-state index >= 15 is 0 Å². The van der Waals surface area contributed by atoms with Crippen molar-refractivity contribution >= 4 is 0 Å². The van der Waals surface area contributed by atoms with Crippen LogP contribution in [0.2, 0.25) is 0 Å². The summed E-state index contributed by atoms with van der Waals surface area (Å²) in [4.78, 5) is 4.54. The molecule has 0 aliphatic carbocycles. The number of benzene rings is 1. The van der Waals surface area contributed by atoms with Gasteiger partial charge in [0, 0.05) is 18.9 Å². The van der Waals surface area contributed by atoms with Gasteiger partial charge in [-0.05, 0) is 32.9 Å². The van der Waals surface area contributed by atoms with Crippen LogP contribution in [-0.2, 0) is 6.54 Å². The number of aryl methyl sites for hydroxylation is 3. The monoisotopic (exact) mass is 257 g/mol. The molecule has 1 aromatic carbocycles. The second-order valence-corrected chi connectivity index (χ2v) is 4.98. The molecule has 19 heavy (non-hydrogen) atoms. The van der Waals surface area contributed by atoms with E-state index in [4.69, 9.17) is 0 Å². The molecule has 0 amide bonds. The molecule has 1 unspecified atom stereocenters. The topological polar surface area (TPSA) is 29.9 Å². The molecule has 3 heteroatoms. The van der Waals surface area contributed by atoms with E-state index in [0.29, 0.717) is 0 Å². The van der Waals surface area contributed by atoms with Gasteiger partial charge >= 0.3 is 0 Å². The van der Waals surface area contributed by atoms with E-state index in [0.717, 1.165) is 18.9 Å². The summed E-state index contributed by atoms with van der Waals surface area (Å²) in [6.45, 7) is 10.4. The molecule has 102 valence electrons. The third-order valence-electron chi connectivity index (χ3n) is 3.33. The fraction of sp³-hybridized carbons (Fsp3) is 0.438. The van der Waals surface area contributed by atoms with Gasteiger partial charge in [0.1, 0.15) is 5.82 Å². The Morgan fingerprint density at radius 3 is 2.42 bits per heavy atom. The lowest BCUT2D eigenvalue weighted by molar-refractivity contribution is 0.558. The first kappa shape index (κ1) is 13.8. The Labute approximate surface area is 115 Å². The normalized spacial score (nSPS) is 12.6. The lowest BCUT2D eigenvalue weighted by Gasteiger charge is -2.20. The molecule has 1 atom stereocenters. The summed E-state index contributed by atoms with van der Waals surface area (Å²) in [5.41, 5.74) is 3.89. The Bertz CT molecular complexity index is 522. The summed E-state index contributed by atoms with van der Waals surface area (Å²) >= 11 is 0. The molecular formula is C16H23N3. The minimum atomic E-state index is 0.165. The number of imidazole rings is 1. The van der Waals surface area contributed by atoms with Gasteiger partial charge < -0.3 is 9.88 Å². The maximum Gasteiger partial charge on any atom is 0.130 e. The van der Waals surface area contributed by atoms with Gasteiger partial charge in [-0.1, -0.05) is 36.2 Å². The number of nitrogens with zero attached hydrogens (tertiary/aromatic N) is 2. The average molecular weight is 257 g/mol. The number of rotatable bonds is 5. The summed E-state index contributed by atoms with van der Waals surface area (Å²) in [7, 11) is 0. The highest BCUT2D eigenvalue weighted by atomic mass is 15.1. The molecule has 1 aromatic heterocycles. The molecule has 1 heterocycles. The highest BCUT2D eigenvalue weighted by molar-refractivity contribution is 5.33. The van der Waals surface area contributed by atoms with Crippen LogP contribution in [-0.4, -0.2) is 16.1 Å². The quantitative estimate of drug-likeness (QED) is 0.891. The van der Waals surface area contributed by atoms with E-state index in [9.17, 15) is 0 Å². The van der Waals surface area contributed by atoms with Crippen LogP contribution >= 0.6 is 0 Å². The van der Waals surface area contributed by atoms with Crippen molar-refractivity contribution in [2.75, 3.05) is 6.54 Å². The molecule has 0 spiro atoms. The van der Waals surface area contributed by atoms with Crippen molar-refractivity contribution in [1.82, 2.24) is 14.9 Å². The Hall–Kier alpha value is -1.61. The third kappa shape index (κ3) is 3.04. The fourth-order valence-electron chi connectivity index (χ4n) is 2.59. The standard InChI is InChI=1S/C16H23N3/c1-5-17-15(16-18-7-8-19(16)6-2)14-10-12(3)9-13(4)11-14/h7-11,15,17H,5-6H2,1-4H3. The van der Waals surface area contributed by atoms with Crippen LogP contribution < -0.4 is 5.32 Å². The minimum Gasteiger partial charge on any atom is -0.334 e. The van der Waals surface area contributed by atoms with E-state index in [1.807, 2.05) is 12.4 Å². The molecule has 0 bridgehead atoms. The fourth-order valence-corrected chi connectivity index (χ4v) is 2.59. The molecule has 0 saturated heterocycles. The van der Waals surface area contributed by atoms with Gasteiger partial charge in [-0.2, -0.15) is 0 Å². The van der Waals surface area contributed by atoms with Crippen molar-refractivity contribution < 1.29 is 0 Å². The second-order valence-electron chi connectivity index (χ2n) is 4.98. The van der Waals surface area contributed by atoms with Gasteiger partial charge in [0.15, 0.2) is 0 Å². The van der Waals surface area contributed by atoms with Gasteiger partial charge in [-0.15, -0.1) is 0 Å². The molecule has 3 nitrogen and oxygen atoms in total. The smallest absolute Gasteiger partial charge is 0.130 e. The van der Waals surface area contributed by atoms with Crippen LogP contribution in [0.5, 0.6) is 0 Å². The Morgan fingerprint density at radius 2 is 1.84 bits per heavy atom.